The molecule has 2 aliphatic heterocycles. The van der Waals surface area contributed by atoms with Crippen molar-refractivity contribution in [1.29, 1.82) is 0 Å². The molecule has 18 nitrogen and oxygen atoms in total. The molecule has 1 unspecified atom stereocenters. The van der Waals surface area contributed by atoms with E-state index in [-0.39, 0.29) is 53.9 Å². The predicted octanol–water partition coefficient (Wildman–Crippen LogP) is 2.18. The Hall–Kier alpha value is -6.76. The maximum atomic E-state index is 13.3. The number of methoxy groups -OCH3 is 4. The number of anilines is 2. The molecule has 1 fully saturated rings. The van der Waals surface area contributed by atoms with Crippen molar-refractivity contribution in [3.8, 4) is 23.0 Å². The third kappa shape index (κ3) is 9.74. The van der Waals surface area contributed by atoms with Crippen LogP contribution >= 0.6 is 0 Å². The van der Waals surface area contributed by atoms with Crippen LogP contribution in [0.5, 0.6) is 23.0 Å². The summed E-state index contributed by atoms with van der Waals surface area (Å²) < 4.78 is 47.5. The lowest BCUT2D eigenvalue weighted by Crippen LogP contribution is -2.54. The minimum absolute atomic E-state index is 0.0167. The number of ether oxygens (including phenoxy) is 4. The number of amides is 7. The lowest BCUT2D eigenvalue weighted by molar-refractivity contribution is -0.136. The number of carbonyl (C=O) groups is 7. The molecule has 0 spiro atoms. The summed E-state index contributed by atoms with van der Waals surface area (Å²) in [5.41, 5.74) is 0.684. The van der Waals surface area contributed by atoms with E-state index in [9.17, 15) is 42.0 Å². The molecule has 3 aromatic carbocycles. The third-order valence-electron chi connectivity index (χ3n) is 8.87. The Morgan fingerprint density at radius 3 is 2.12 bits per heavy atom. The molecule has 300 valence electrons. The minimum atomic E-state index is -3.86. The Bertz CT molecular complexity index is 2260. The van der Waals surface area contributed by atoms with E-state index in [1.54, 1.807) is 12.1 Å². The van der Waals surface area contributed by atoms with Gasteiger partial charge >= 0.3 is 0 Å². The average Bonchev–Trinajstić information content (AvgIpc) is 3.44. The van der Waals surface area contributed by atoms with Gasteiger partial charge in [0.1, 0.15) is 29.0 Å². The molecule has 3 aromatic rings. The van der Waals surface area contributed by atoms with Crippen molar-refractivity contribution in [3.63, 3.8) is 0 Å². The van der Waals surface area contributed by atoms with E-state index in [1.165, 1.54) is 70.9 Å². The molecule has 7 amide bonds. The first-order valence-corrected chi connectivity index (χ1v) is 19.0. The number of hydrogen-bond acceptors (Lipinski definition) is 13. The summed E-state index contributed by atoms with van der Waals surface area (Å²) in [5.74, 6) is -3.94. The average molecular weight is 806 g/mol. The fraction of sp³-hybridized carbons (Fsp3) is 0.289. The van der Waals surface area contributed by atoms with E-state index in [0.29, 0.717) is 28.4 Å². The standard InChI is InChI=1S/C38H39N5O13S/c1-53-22-17-29(55-3)23(30(18-22)56-4)14-15-57(51,52)20-21-8-10-28(54-2)26(16-21)41-32(45)13-12-31(44)39-19-34(47)40-25-7-5-6-24-35(25)38(50)43(37(24)49)27-9-11-33(46)42-36(27)48/h5-8,10,14-18,27H,9,11-13,19-20H2,1-4H3,(H,39,44)(H,40,47)(H,41,45)(H,42,46,48)/b15-14+. The molecular formula is C38H39N5O13S. The first-order chi connectivity index (χ1) is 27.2. The second-order valence-electron chi connectivity index (χ2n) is 12.6. The van der Waals surface area contributed by atoms with E-state index in [0.717, 1.165) is 10.3 Å². The highest BCUT2D eigenvalue weighted by molar-refractivity contribution is 7.93. The molecule has 0 aliphatic carbocycles. The van der Waals surface area contributed by atoms with Crippen molar-refractivity contribution in [1.82, 2.24) is 15.5 Å². The van der Waals surface area contributed by atoms with Crippen molar-refractivity contribution in [2.75, 3.05) is 45.6 Å². The first kappa shape index (κ1) is 41.4. The Labute approximate surface area is 326 Å². The van der Waals surface area contributed by atoms with Crippen molar-refractivity contribution >= 4 is 68.6 Å². The molecule has 57 heavy (non-hydrogen) atoms. The van der Waals surface area contributed by atoms with E-state index in [4.69, 9.17) is 18.9 Å². The highest BCUT2D eigenvalue weighted by Crippen LogP contribution is 2.36. The van der Waals surface area contributed by atoms with Crippen molar-refractivity contribution in [2.45, 2.75) is 37.5 Å². The fourth-order valence-electron chi connectivity index (χ4n) is 6.11. The Balaban J connectivity index is 1.14. The smallest absolute Gasteiger partial charge is 0.264 e. The normalized spacial score (nSPS) is 15.2. The van der Waals surface area contributed by atoms with Crippen LogP contribution in [-0.4, -0.2) is 95.7 Å². The van der Waals surface area contributed by atoms with Crippen LogP contribution in [0.25, 0.3) is 6.08 Å². The summed E-state index contributed by atoms with van der Waals surface area (Å²) in [7, 11) is 1.83. The molecular weight excluding hydrogens is 767 g/mol. The van der Waals surface area contributed by atoms with Crippen LogP contribution in [0, 0.1) is 0 Å². The van der Waals surface area contributed by atoms with Crippen molar-refractivity contribution in [3.05, 3.63) is 76.2 Å². The molecule has 0 aromatic heterocycles. The summed E-state index contributed by atoms with van der Waals surface area (Å²) in [6, 6.07) is 10.6. The number of benzene rings is 3. The highest BCUT2D eigenvalue weighted by Gasteiger charge is 2.45. The van der Waals surface area contributed by atoms with Gasteiger partial charge in [0, 0.05) is 36.8 Å². The number of carbonyl (C=O) groups excluding carboxylic acids is 7. The lowest BCUT2D eigenvalue weighted by Gasteiger charge is -2.27. The van der Waals surface area contributed by atoms with Gasteiger partial charge in [0.25, 0.3) is 11.8 Å². The number of hydrogen-bond donors (Lipinski definition) is 4. The van der Waals surface area contributed by atoms with Crippen LogP contribution in [0.3, 0.4) is 0 Å². The van der Waals surface area contributed by atoms with Gasteiger partial charge in [-0.05, 0) is 42.3 Å². The molecule has 2 heterocycles. The summed E-state index contributed by atoms with van der Waals surface area (Å²) in [4.78, 5) is 89.2. The Morgan fingerprint density at radius 1 is 0.807 bits per heavy atom. The maximum absolute atomic E-state index is 13.3. The van der Waals surface area contributed by atoms with Crippen LogP contribution in [0.15, 0.2) is 53.9 Å². The number of sulfone groups is 1. The van der Waals surface area contributed by atoms with Gasteiger partial charge < -0.3 is 34.9 Å². The van der Waals surface area contributed by atoms with E-state index < -0.39 is 69.5 Å². The zero-order valence-corrected chi connectivity index (χ0v) is 32.1. The third-order valence-corrected chi connectivity index (χ3v) is 10.2. The molecule has 0 radical (unpaired) electrons. The topological polar surface area (TPSA) is 242 Å². The van der Waals surface area contributed by atoms with E-state index in [1.807, 2.05) is 0 Å². The monoisotopic (exact) mass is 805 g/mol. The van der Waals surface area contributed by atoms with Gasteiger partial charge in [-0.25, -0.2) is 8.42 Å². The van der Waals surface area contributed by atoms with E-state index in [2.05, 4.69) is 21.3 Å². The van der Waals surface area contributed by atoms with Gasteiger partial charge in [0.05, 0.1) is 68.8 Å². The first-order valence-electron chi connectivity index (χ1n) is 17.3. The van der Waals surface area contributed by atoms with Crippen molar-refractivity contribution in [2.24, 2.45) is 0 Å². The van der Waals surface area contributed by atoms with Gasteiger partial charge in [-0.1, -0.05) is 12.1 Å². The molecule has 2 aliphatic rings. The molecule has 5 rings (SSSR count). The second kappa shape index (κ2) is 17.8. The van der Waals surface area contributed by atoms with Crippen LogP contribution in [0.1, 0.15) is 57.5 Å². The lowest BCUT2D eigenvalue weighted by atomic mass is 10.0. The molecule has 4 N–H and O–H groups in total. The fourth-order valence-corrected chi connectivity index (χ4v) is 7.20. The number of fused-ring (bicyclic) bond motifs is 1. The Kier molecular flexibility index (Phi) is 12.9. The number of imide groups is 2. The van der Waals surface area contributed by atoms with Crippen LogP contribution in [-0.2, 0) is 39.6 Å². The second-order valence-corrected chi connectivity index (χ2v) is 14.5. The summed E-state index contributed by atoms with van der Waals surface area (Å²) in [6.07, 6.45) is 0.619. The van der Waals surface area contributed by atoms with Gasteiger partial charge in [-0.2, -0.15) is 0 Å². The van der Waals surface area contributed by atoms with Gasteiger partial charge in [-0.15, -0.1) is 0 Å². The number of nitrogens with one attached hydrogen (secondary N) is 4. The van der Waals surface area contributed by atoms with Gasteiger partial charge in [0.15, 0.2) is 9.84 Å². The van der Waals surface area contributed by atoms with Crippen LogP contribution in [0.4, 0.5) is 11.4 Å². The highest BCUT2D eigenvalue weighted by atomic mass is 32.2. The number of rotatable bonds is 16. The quantitative estimate of drug-likeness (QED) is 0.152. The zero-order valence-electron chi connectivity index (χ0n) is 31.3. The largest absolute Gasteiger partial charge is 0.496 e. The molecule has 1 saturated heterocycles. The summed E-state index contributed by atoms with van der Waals surface area (Å²) in [6.45, 7) is -0.542. The number of piperidine rings is 1. The zero-order chi connectivity index (χ0) is 41.4. The molecule has 0 saturated carbocycles. The van der Waals surface area contributed by atoms with E-state index >= 15 is 0 Å². The summed E-state index contributed by atoms with van der Waals surface area (Å²) in [5, 5.41) is 10.6. The van der Waals surface area contributed by atoms with Crippen LogP contribution in [0.2, 0.25) is 0 Å². The van der Waals surface area contributed by atoms with Gasteiger partial charge in [0.2, 0.25) is 29.5 Å². The maximum Gasteiger partial charge on any atom is 0.264 e. The molecule has 19 heteroatoms. The van der Waals surface area contributed by atoms with Crippen molar-refractivity contribution < 1.29 is 60.9 Å². The molecule has 0 bridgehead atoms. The Morgan fingerprint density at radius 2 is 1.47 bits per heavy atom. The SMILES string of the molecule is COc1cc(OC)c(/C=C/S(=O)(=O)Cc2ccc(OC)c(NC(=O)CCC(=O)NCC(=O)Nc3cccc4c3C(=O)N(C3CCC(=O)NC3=O)C4=O)c2)c(OC)c1. The molecule has 1 atom stereocenters. The number of nitrogens with zero attached hydrogens (tertiary/aromatic N) is 1. The predicted molar refractivity (Wildman–Crippen MR) is 203 cm³/mol. The minimum Gasteiger partial charge on any atom is -0.496 e. The summed E-state index contributed by atoms with van der Waals surface area (Å²) >= 11 is 0. The van der Waals surface area contributed by atoms with Crippen LogP contribution < -0.4 is 40.2 Å². The van der Waals surface area contributed by atoms with Gasteiger partial charge in [-0.3, -0.25) is 43.8 Å².